The smallest absolute Gasteiger partial charge is 0.143 e. The summed E-state index contributed by atoms with van der Waals surface area (Å²) in [5, 5.41) is 8.69. The van der Waals surface area contributed by atoms with Crippen LogP contribution in [0, 0.1) is 11.3 Å². The van der Waals surface area contributed by atoms with Crippen molar-refractivity contribution in [2.24, 2.45) is 0 Å². The molecule has 0 aliphatic carbocycles. The standard InChI is InChI=1S/C10H10N2O/c1-8(13)4-5-9-3-2-6-12-10(9)7-11/h2-3,6H,4-5H2,1H3. The summed E-state index contributed by atoms with van der Waals surface area (Å²) in [5.74, 6) is 0.132. The molecule has 0 fully saturated rings. The molecule has 13 heavy (non-hydrogen) atoms. The molecule has 0 aliphatic heterocycles. The van der Waals surface area contributed by atoms with E-state index in [9.17, 15) is 4.79 Å². The number of hydrogen-bond donors (Lipinski definition) is 0. The molecule has 66 valence electrons. The monoisotopic (exact) mass is 174 g/mol. The van der Waals surface area contributed by atoms with Crippen molar-refractivity contribution in [2.75, 3.05) is 0 Å². The number of aromatic nitrogens is 1. The van der Waals surface area contributed by atoms with Crippen LogP contribution in [-0.4, -0.2) is 10.8 Å². The van der Waals surface area contributed by atoms with Crippen molar-refractivity contribution in [3.8, 4) is 6.07 Å². The molecule has 0 saturated carbocycles. The molecule has 0 N–H and O–H groups in total. The summed E-state index contributed by atoms with van der Waals surface area (Å²) < 4.78 is 0. The summed E-state index contributed by atoms with van der Waals surface area (Å²) in [6, 6.07) is 5.60. The molecule has 3 nitrogen and oxygen atoms in total. The Kier molecular flexibility index (Phi) is 3.15. The van der Waals surface area contributed by atoms with E-state index in [4.69, 9.17) is 5.26 Å². The number of ketones is 1. The number of carbonyl (C=O) groups is 1. The quantitative estimate of drug-likeness (QED) is 0.697. The van der Waals surface area contributed by atoms with E-state index >= 15 is 0 Å². The summed E-state index contributed by atoms with van der Waals surface area (Å²) in [5.41, 5.74) is 1.27. The first-order valence-corrected chi connectivity index (χ1v) is 4.07. The number of aryl methyl sites for hydroxylation is 1. The maximum atomic E-state index is 10.7. The first-order chi connectivity index (χ1) is 6.24. The molecule has 0 unspecified atom stereocenters. The van der Waals surface area contributed by atoms with Gasteiger partial charge in [-0.1, -0.05) is 6.07 Å². The molecule has 0 spiro atoms. The third-order valence-electron chi connectivity index (χ3n) is 1.74. The summed E-state index contributed by atoms with van der Waals surface area (Å²) >= 11 is 0. The van der Waals surface area contributed by atoms with Crippen molar-refractivity contribution >= 4 is 5.78 Å². The van der Waals surface area contributed by atoms with Crippen LogP contribution < -0.4 is 0 Å². The Morgan fingerprint density at radius 1 is 1.69 bits per heavy atom. The van der Waals surface area contributed by atoms with Gasteiger partial charge in [0.2, 0.25) is 0 Å². The minimum absolute atomic E-state index is 0.132. The number of carbonyl (C=O) groups excluding carboxylic acids is 1. The van der Waals surface area contributed by atoms with Crippen LogP contribution in [-0.2, 0) is 11.2 Å². The average molecular weight is 174 g/mol. The van der Waals surface area contributed by atoms with Crippen LogP contribution in [0.5, 0.6) is 0 Å². The van der Waals surface area contributed by atoms with E-state index < -0.39 is 0 Å². The Morgan fingerprint density at radius 2 is 2.46 bits per heavy atom. The van der Waals surface area contributed by atoms with Crippen LogP contribution in [0.1, 0.15) is 24.6 Å². The molecule has 3 heteroatoms. The highest BCUT2D eigenvalue weighted by molar-refractivity contribution is 5.75. The van der Waals surface area contributed by atoms with Gasteiger partial charge in [0, 0.05) is 12.6 Å². The van der Waals surface area contributed by atoms with Crippen molar-refractivity contribution in [1.82, 2.24) is 4.98 Å². The molecular formula is C10H10N2O. The number of hydrogen-bond acceptors (Lipinski definition) is 3. The van der Waals surface area contributed by atoms with Gasteiger partial charge in [-0.15, -0.1) is 0 Å². The van der Waals surface area contributed by atoms with E-state index in [2.05, 4.69) is 4.98 Å². The minimum atomic E-state index is 0.132. The van der Waals surface area contributed by atoms with E-state index in [0.717, 1.165) is 5.56 Å². The Morgan fingerprint density at radius 3 is 3.08 bits per heavy atom. The van der Waals surface area contributed by atoms with Crippen LogP contribution in [0.2, 0.25) is 0 Å². The van der Waals surface area contributed by atoms with Gasteiger partial charge in [0.15, 0.2) is 0 Å². The summed E-state index contributed by atoms with van der Waals surface area (Å²) in [6.07, 6.45) is 2.66. The molecule has 0 amide bonds. The van der Waals surface area contributed by atoms with Crippen LogP contribution in [0.3, 0.4) is 0 Å². The summed E-state index contributed by atoms with van der Waals surface area (Å²) in [4.78, 5) is 14.6. The summed E-state index contributed by atoms with van der Waals surface area (Å²) in [6.45, 7) is 1.54. The third-order valence-corrected chi connectivity index (χ3v) is 1.74. The molecule has 1 aromatic rings. The predicted octanol–water partition coefficient (Wildman–Crippen LogP) is 1.47. The van der Waals surface area contributed by atoms with Gasteiger partial charge in [0.25, 0.3) is 0 Å². The second-order valence-corrected chi connectivity index (χ2v) is 2.82. The van der Waals surface area contributed by atoms with Crippen LogP contribution in [0.25, 0.3) is 0 Å². The van der Waals surface area contributed by atoms with Crippen LogP contribution in [0.15, 0.2) is 18.3 Å². The number of Topliss-reactive ketones (excluding diaryl/α,β-unsaturated/α-hetero) is 1. The number of rotatable bonds is 3. The Bertz CT molecular complexity index is 352. The first-order valence-electron chi connectivity index (χ1n) is 4.07. The van der Waals surface area contributed by atoms with Gasteiger partial charge in [-0.3, -0.25) is 0 Å². The zero-order chi connectivity index (χ0) is 9.68. The predicted molar refractivity (Wildman–Crippen MR) is 48.0 cm³/mol. The minimum Gasteiger partial charge on any atom is -0.300 e. The molecule has 1 heterocycles. The fourth-order valence-corrected chi connectivity index (χ4v) is 1.05. The zero-order valence-electron chi connectivity index (χ0n) is 7.45. The van der Waals surface area contributed by atoms with Gasteiger partial charge < -0.3 is 4.79 Å². The summed E-state index contributed by atoms with van der Waals surface area (Å²) in [7, 11) is 0. The maximum Gasteiger partial charge on any atom is 0.143 e. The molecule has 0 atom stereocenters. The second kappa shape index (κ2) is 4.36. The second-order valence-electron chi connectivity index (χ2n) is 2.82. The molecule has 0 aliphatic rings. The van der Waals surface area contributed by atoms with E-state index in [1.54, 1.807) is 19.2 Å². The van der Waals surface area contributed by atoms with E-state index in [1.165, 1.54) is 0 Å². The van der Waals surface area contributed by atoms with Gasteiger partial charge in [-0.25, -0.2) is 4.98 Å². The van der Waals surface area contributed by atoms with E-state index in [1.807, 2.05) is 12.1 Å². The van der Waals surface area contributed by atoms with Crippen molar-refractivity contribution < 1.29 is 4.79 Å². The number of nitriles is 1. The molecule has 0 radical (unpaired) electrons. The van der Waals surface area contributed by atoms with Crippen molar-refractivity contribution in [3.63, 3.8) is 0 Å². The Hall–Kier alpha value is -1.69. The Labute approximate surface area is 77.0 Å². The third kappa shape index (κ3) is 2.68. The zero-order valence-corrected chi connectivity index (χ0v) is 7.45. The molecule has 1 aromatic heterocycles. The maximum absolute atomic E-state index is 10.7. The molecule has 0 saturated heterocycles. The molecule has 1 rings (SSSR count). The lowest BCUT2D eigenvalue weighted by molar-refractivity contribution is -0.116. The first kappa shape index (κ1) is 9.40. The molecule has 0 bridgehead atoms. The van der Waals surface area contributed by atoms with Gasteiger partial charge in [0.1, 0.15) is 17.5 Å². The topological polar surface area (TPSA) is 53.8 Å². The van der Waals surface area contributed by atoms with Crippen LogP contribution in [0.4, 0.5) is 0 Å². The fraction of sp³-hybridized carbons (Fsp3) is 0.300. The van der Waals surface area contributed by atoms with Gasteiger partial charge >= 0.3 is 0 Å². The SMILES string of the molecule is CC(=O)CCc1cccnc1C#N. The number of nitrogens with zero attached hydrogens (tertiary/aromatic N) is 2. The number of pyridine rings is 1. The molecular weight excluding hydrogens is 164 g/mol. The lowest BCUT2D eigenvalue weighted by atomic mass is 10.1. The highest BCUT2D eigenvalue weighted by Gasteiger charge is 2.02. The van der Waals surface area contributed by atoms with Gasteiger partial charge in [0.05, 0.1) is 0 Å². The fourth-order valence-electron chi connectivity index (χ4n) is 1.05. The van der Waals surface area contributed by atoms with Gasteiger partial charge in [-0.05, 0) is 25.0 Å². The highest BCUT2D eigenvalue weighted by atomic mass is 16.1. The average Bonchev–Trinajstić information content (AvgIpc) is 2.15. The van der Waals surface area contributed by atoms with Gasteiger partial charge in [-0.2, -0.15) is 5.26 Å². The molecule has 0 aromatic carbocycles. The van der Waals surface area contributed by atoms with Crippen molar-refractivity contribution in [1.29, 1.82) is 5.26 Å². The van der Waals surface area contributed by atoms with E-state index in [0.29, 0.717) is 18.5 Å². The Balaban J connectivity index is 2.77. The van der Waals surface area contributed by atoms with Crippen molar-refractivity contribution in [2.45, 2.75) is 19.8 Å². The van der Waals surface area contributed by atoms with Crippen molar-refractivity contribution in [3.05, 3.63) is 29.6 Å². The lowest BCUT2D eigenvalue weighted by Crippen LogP contribution is -1.97. The van der Waals surface area contributed by atoms with E-state index in [-0.39, 0.29) is 5.78 Å². The lowest BCUT2D eigenvalue weighted by Gasteiger charge is -1.99. The van der Waals surface area contributed by atoms with Crippen LogP contribution >= 0.6 is 0 Å². The largest absolute Gasteiger partial charge is 0.300 e. The highest BCUT2D eigenvalue weighted by Crippen LogP contribution is 2.06. The normalized spacial score (nSPS) is 9.23.